The standard InChI is InChI=1S/C21H29N4O9P/c1-12(2)10-14(20(28)29)24-35(31,34-13-6-4-3-5-7-13)32-11-15-17(26)18(27)19(33-15)25-9-8-16(22)23-21(25)30/h3-9,12,14-15,17-19,26-27H,10-11H2,1-2H3,(H,24,31)(H,28,29)(H2,22,23,30)/t14?,15-,17-,18-,19-,35?/m1/s1. The number of aliphatic carboxylic acids is 1. The van der Waals surface area contributed by atoms with Crippen LogP contribution >= 0.6 is 7.75 Å². The molecule has 1 aromatic carbocycles. The number of rotatable bonds is 11. The summed E-state index contributed by atoms with van der Waals surface area (Å²) in [6.45, 7) is 3.05. The van der Waals surface area contributed by atoms with E-state index in [1.807, 2.05) is 0 Å². The summed E-state index contributed by atoms with van der Waals surface area (Å²) in [5, 5.41) is 32.9. The zero-order valence-electron chi connectivity index (χ0n) is 19.1. The van der Waals surface area contributed by atoms with Crippen molar-refractivity contribution in [3.05, 3.63) is 53.1 Å². The number of aliphatic hydroxyl groups excluding tert-OH is 2. The van der Waals surface area contributed by atoms with Crippen LogP contribution in [0.1, 0.15) is 26.5 Å². The second-order valence-corrected chi connectivity index (χ2v) is 10.1. The fourth-order valence-electron chi connectivity index (χ4n) is 3.47. The number of para-hydroxylation sites is 1. The van der Waals surface area contributed by atoms with Gasteiger partial charge in [0.15, 0.2) is 6.23 Å². The Labute approximate surface area is 201 Å². The molecule has 1 aromatic heterocycles. The van der Waals surface area contributed by atoms with Gasteiger partial charge in [-0.3, -0.25) is 13.9 Å². The number of hydrogen-bond donors (Lipinski definition) is 5. The van der Waals surface area contributed by atoms with Crippen molar-refractivity contribution in [3.63, 3.8) is 0 Å². The molecule has 1 saturated heterocycles. The molecular weight excluding hydrogens is 483 g/mol. The van der Waals surface area contributed by atoms with Gasteiger partial charge in [0.2, 0.25) is 0 Å². The van der Waals surface area contributed by atoms with Gasteiger partial charge in [-0.05, 0) is 30.5 Å². The molecule has 13 nitrogen and oxygen atoms in total. The van der Waals surface area contributed by atoms with E-state index < -0.39 is 56.6 Å². The second kappa shape index (κ2) is 11.3. The minimum absolute atomic E-state index is 0.0291. The van der Waals surface area contributed by atoms with E-state index in [1.54, 1.807) is 32.0 Å². The van der Waals surface area contributed by atoms with Crippen molar-refractivity contribution in [3.8, 4) is 5.75 Å². The number of ether oxygens (including phenoxy) is 1. The van der Waals surface area contributed by atoms with Crippen molar-refractivity contribution in [2.75, 3.05) is 12.3 Å². The molecule has 0 amide bonds. The third-order valence-corrected chi connectivity index (χ3v) is 6.73. The Morgan fingerprint density at radius 3 is 2.54 bits per heavy atom. The zero-order valence-corrected chi connectivity index (χ0v) is 20.0. The molecule has 3 rings (SSSR count). The van der Waals surface area contributed by atoms with E-state index in [2.05, 4.69) is 10.1 Å². The third kappa shape index (κ3) is 6.88. The van der Waals surface area contributed by atoms with Crippen LogP contribution in [0.5, 0.6) is 5.75 Å². The van der Waals surface area contributed by atoms with Gasteiger partial charge in [-0.1, -0.05) is 32.0 Å². The SMILES string of the molecule is CC(C)CC(NP(=O)(OC[C@H]1O[C@@H](n2ccc(N)nc2=O)[C@H](O)[C@@H]1O)Oc1ccccc1)C(=O)O. The molecule has 192 valence electrons. The quantitative estimate of drug-likeness (QED) is 0.265. The molecule has 14 heteroatoms. The number of carbonyl (C=O) groups is 1. The molecule has 2 aromatic rings. The first-order chi connectivity index (χ1) is 16.5. The van der Waals surface area contributed by atoms with E-state index in [1.165, 1.54) is 24.4 Å². The predicted molar refractivity (Wildman–Crippen MR) is 123 cm³/mol. The van der Waals surface area contributed by atoms with Gasteiger partial charge in [0.1, 0.15) is 35.9 Å². The zero-order chi connectivity index (χ0) is 25.8. The van der Waals surface area contributed by atoms with Crippen molar-refractivity contribution in [1.29, 1.82) is 0 Å². The molecule has 1 fully saturated rings. The number of carboxylic acids is 1. The average molecular weight is 512 g/mol. The minimum Gasteiger partial charge on any atom is -0.480 e. The first-order valence-corrected chi connectivity index (χ1v) is 12.4. The van der Waals surface area contributed by atoms with Gasteiger partial charge < -0.3 is 30.3 Å². The molecule has 0 aliphatic carbocycles. The molecule has 6 N–H and O–H groups in total. The van der Waals surface area contributed by atoms with Crippen molar-refractivity contribution >= 4 is 19.5 Å². The summed E-state index contributed by atoms with van der Waals surface area (Å²) < 4.78 is 31.1. The number of anilines is 1. The van der Waals surface area contributed by atoms with Crippen molar-refractivity contribution < 1.29 is 38.5 Å². The Morgan fingerprint density at radius 1 is 1.26 bits per heavy atom. The highest BCUT2D eigenvalue weighted by Crippen LogP contribution is 2.46. The molecule has 35 heavy (non-hydrogen) atoms. The lowest BCUT2D eigenvalue weighted by Gasteiger charge is -2.25. The van der Waals surface area contributed by atoms with Gasteiger partial charge in [-0.15, -0.1) is 0 Å². The van der Waals surface area contributed by atoms with E-state index in [9.17, 15) is 29.5 Å². The molecule has 0 spiro atoms. The number of aliphatic hydroxyl groups is 2. The van der Waals surface area contributed by atoms with E-state index >= 15 is 0 Å². The number of nitrogens with two attached hydrogens (primary N) is 1. The molecule has 1 aliphatic heterocycles. The maximum absolute atomic E-state index is 13.6. The summed E-state index contributed by atoms with van der Waals surface area (Å²) in [6, 6.07) is 8.06. The third-order valence-electron chi connectivity index (χ3n) is 5.16. The first-order valence-electron chi connectivity index (χ1n) is 10.8. The minimum atomic E-state index is -4.31. The highest BCUT2D eigenvalue weighted by molar-refractivity contribution is 7.52. The maximum atomic E-state index is 13.6. The Morgan fingerprint density at radius 2 is 1.94 bits per heavy atom. The summed E-state index contributed by atoms with van der Waals surface area (Å²) in [5.74, 6) is -1.17. The van der Waals surface area contributed by atoms with Crippen LogP contribution < -0.4 is 21.0 Å². The van der Waals surface area contributed by atoms with E-state index in [-0.39, 0.29) is 23.9 Å². The molecule has 2 unspecified atom stereocenters. The summed E-state index contributed by atoms with van der Waals surface area (Å²) in [5.41, 5.74) is 4.67. The fraction of sp³-hybridized carbons (Fsp3) is 0.476. The van der Waals surface area contributed by atoms with Gasteiger partial charge in [0.05, 0.1) is 6.61 Å². The van der Waals surface area contributed by atoms with Gasteiger partial charge >= 0.3 is 19.4 Å². The summed E-state index contributed by atoms with van der Waals surface area (Å²) in [7, 11) is -4.31. The number of nitrogens with zero attached hydrogens (tertiary/aromatic N) is 2. The lowest BCUT2D eigenvalue weighted by atomic mass is 10.1. The molecule has 0 saturated carbocycles. The molecule has 6 atom stereocenters. The van der Waals surface area contributed by atoms with Gasteiger partial charge in [0.25, 0.3) is 0 Å². The number of nitrogens with one attached hydrogen (secondary N) is 1. The Balaban J connectivity index is 1.78. The highest BCUT2D eigenvalue weighted by atomic mass is 31.2. The molecule has 2 heterocycles. The van der Waals surface area contributed by atoms with Gasteiger partial charge in [0, 0.05) is 6.20 Å². The summed E-state index contributed by atoms with van der Waals surface area (Å²) in [6.07, 6.45) is -4.22. The smallest absolute Gasteiger partial charge is 0.459 e. The van der Waals surface area contributed by atoms with Crippen LogP contribution in [-0.2, 0) is 18.6 Å². The lowest BCUT2D eigenvalue weighted by molar-refractivity contribution is -0.139. The first kappa shape index (κ1) is 26.8. The fourth-order valence-corrected chi connectivity index (χ4v) is 4.99. The molecule has 0 radical (unpaired) electrons. The lowest BCUT2D eigenvalue weighted by Crippen LogP contribution is -2.39. The van der Waals surface area contributed by atoms with E-state index in [0.29, 0.717) is 0 Å². The Bertz CT molecular complexity index is 1110. The van der Waals surface area contributed by atoms with Crippen molar-refractivity contribution in [1.82, 2.24) is 14.6 Å². The maximum Gasteiger partial charge on any atom is 0.459 e. The number of hydrogen-bond acceptors (Lipinski definition) is 10. The molecular formula is C21H29N4O9P. The van der Waals surface area contributed by atoms with Crippen LogP contribution in [0.2, 0.25) is 0 Å². The molecule has 1 aliphatic rings. The summed E-state index contributed by atoms with van der Waals surface area (Å²) >= 11 is 0. The topological polar surface area (TPSA) is 195 Å². The monoisotopic (exact) mass is 512 g/mol. The Hall–Kier alpha value is -2.80. The van der Waals surface area contributed by atoms with Crippen LogP contribution in [-0.4, -0.2) is 61.8 Å². The predicted octanol–water partition coefficient (Wildman–Crippen LogP) is 0.737. The number of carboxylic acid groups (broad SMARTS) is 1. The van der Waals surface area contributed by atoms with Crippen LogP contribution in [0.25, 0.3) is 0 Å². The normalized spacial score (nSPS) is 24.7. The average Bonchev–Trinajstić information content (AvgIpc) is 3.06. The van der Waals surface area contributed by atoms with Gasteiger partial charge in [-0.25, -0.2) is 9.36 Å². The largest absolute Gasteiger partial charge is 0.480 e. The van der Waals surface area contributed by atoms with E-state index in [0.717, 1.165) is 4.57 Å². The van der Waals surface area contributed by atoms with Crippen LogP contribution in [0.3, 0.4) is 0 Å². The van der Waals surface area contributed by atoms with Crippen LogP contribution in [0.15, 0.2) is 47.4 Å². The van der Waals surface area contributed by atoms with Crippen LogP contribution in [0, 0.1) is 5.92 Å². The summed E-state index contributed by atoms with van der Waals surface area (Å²) in [4.78, 5) is 27.4. The molecule has 0 bridgehead atoms. The van der Waals surface area contributed by atoms with Crippen LogP contribution in [0.4, 0.5) is 5.82 Å². The van der Waals surface area contributed by atoms with E-state index in [4.69, 9.17) is 19.5 Å². The second-order valence-electron chi connectivity index (χ2n) is 8.44. The number of nitrogen functional groups attached to an aromatic ring is 1. The Kier molecular flexibility index (Phi) is 8.65. The number of benzene rings is 1. The van der Waals surface area contributed by atoms with Crippen molar-refractivity contribution in [2.45, 2.75) is 50.8 Å². The highest BCUT2D eigenvalue weighted by Gasteiger charge is 2.46. The number of aromatic nitrogens is 2. The van der Waals surface area contributed by atoms with Crippen molar-refractivity contribution in [2.24, 2.45) is 5.92 Å². The van der Waals surface area contributed by atoms with Gasteiger partial charge in [-0.2, -0.15) is 10.1 Å².